The Hall–Kier alpha value is -0.540. The zero-order valence-electron chi connectivity index (χ0n) is 13.0. The predicted molar refractivity (Wildman–Crippen MR) is 91.2 cm³/mol. The highest BCUT2D eigenvalue weighted by molar-refractivity contribution is 9.10. The molecule has 0 spiro atoms. The molecule has 0 amide bonds. The first kappa shape index (κ1) is 15.8. The molecule has 0 unspecified atom stereocenters. The molecule has 1 aliphatic heterocycles. The molecule has 1 aliphatic rings. The summed E-state index contributed by atoms with van der Waals surface area (Å²) >= 11 is 3.66. The topological polar surface area (TPSA) is 29.3 Å². The van der Waals surface area contributed by atoms with Crippen molar-refractivity contribution < 1.29 is 0 Å². The minimum absolute atomic E-state index is 0.0765. The zero-order valence-corrected chi connectivity index (χ0v) is 14.5. The Morgan fingerprint density at radius 3 is 2.30 bits per heavy atom. The fourth-order valence-electron chi connectivity index (χ4n) is 3.28. The van der Waals surface area contributed by atoms with Crippen LogP contribution in [0, 0.1) is 5.41 Å². The van der Waals surface area contributed by atoms with Gasteiger partial charge in [0.1, 0.15) is 0 Å². The van der Waals surface area contributed by atoms with E-state index in [1.54, 1.807) is 0 Å². The smallest absolute Gasteiger partial charge is 0.0377 e. The summed E-state index contributed by atoms with van der Waals surface area (Å²) in [5, 5.41) is 0. The number of hydrogen-bond donors (Lipinski definition) is 1. The van der Waals surface area contributed by atoms with Crippen molar-refractivity contribution in [3.63, 3.8) is 0 Å². The molecule has 112 valence electrons. The lowest BCUT2D eigenvalue weighted by Gasteiger charge is -2.42. The second-order valence-electron chi connectivity index (χ2n) is 6.19. The van der Waals surface area contributed by atoms with E-state index >= 15 is 0 Å². The lowest BCUT2D eigenvalue weighted by molar-refractivity contribution is 0.199. The van der Waals surface area contributed by atoms with Gasteiger partial charge in [-0.2, -0.15) is 0 Å². The van der Waals surface area contributed by atoms with Crippen LogP contribution in [0.3, 0.4) is 0 Å². The van der Waals surface area contributed by atoms with Crippen LogP contribution in [-0.2, 0) is 0 Å². The predicted octanol–water partition coefficient (Wildman–Crippen LogP) is 4.88. The van der Waals surface area contributed by atoms with Crippen LogP contribution < -0.4 is 10.6 Å². The van der Waals surface area contributed by atoms with Gasteiger partial charge in [0.25, 0.3) is 0 Å². The van der Waals surface area contributed by atoms with Crippen molar-refractivity contribution in [1.29, 1.82) is 0 Å². The zero-order chi connectivity index (χ0) is 14.8. The molecular formula is C17H27BrN2. The number of nitrogens with two attached hydrogens (primary N) is 1. The van der Waals surface area contributed by atoms with Crippen molar-refractivity contribution in [2.24, 2.45) is 11.1 Å². The number of piperidine rings is 1. The first-order valence-electron chi connectivity index (χ1n) is 7.81. The van der Waals surface area contributed by atoms with E-state index < -0.39 is 0 Å². The first-order chi connectivity index (χ1) is 9.51. The third kappa shape index (κ3) is 3.20. The van der Waals surface area contributed by atoms with Crippen LogP contribution in [0.4, 0.5) is 5.69 Å². The minimum atomic E-state index is 0.0765. The molecule has 20 heavy (non-hydrogen) atoms. The van der Waals surface area contributed by atoms with Gasteiger partial charge in [-0.25, -0.2) is 0 Å². The van der Waals surface area contributed by atoms with Crippen molar-refractivity contribution in [1.82, 2.24) is 0 Å². The fourth-order valence-corrected chi connectivity index (χ4v) is 4.01. The molecule has 1 fully saturated rings. The molecular weight excluding hydrogens is 312 g/mol. The van der Waals surface area contributed by atoms with E-state index in [-0.39, 0.29) is 6.04 Å². The number of halogens is 1. The summed E-state index contributed by atoms with van der Waals surface area (Å²) in [6, 6.07) is 6.68. The van der Waals surface area contributed by atoms with Gasteiger partial charge < -0.3 is 10.6 Å². The van der Waals surface area contributed by atoms with Crippen LogP contribution in [0.2, 0.25) is 0 Å². The molecule has 1 atom stereocenters. The van der Waals surface area contributed by atoms with Gasteiger partial charge in [0.05, 0.1) is 0 Å². The van der Waals surface area contributed by atoms with Crippen molar-refractivity contribution in [2.75, 3.05) is 18.0 Å². The Morgan fingerprint density at radius 1 is 1.25 bits per heavy atom. The summed E-state index contributed by atoms with van der Waals surface area (Å²) < 4.78 is 1.13. The quantitative estimate of drug-likeness (QED) is 0.847. The highest BCUT2D eigenvalue weighted by Gasteiger charge is 2.31. The van der Waals surface area contributed by atoms with Crippen LogP contribution in [-0.4, -0.2) is 13.1 Å². The van der Waals surface area contributed by atoms with E-state index in [4.69, 9.17) is 5.73 Å². The Morgan fingerprint density at radius 2 is 1.85 bits per heavy atom. The summed E-state index contributed by atoms with van der Waals surface area (Å²) in [7, 11) is 0. The maximum Gasteiger partial charge on any atom is 0.0377 e. The van der Waals surface area contributed by atoms with Crippen LogP contribution >= 0.6 is 15.9 Å². The van der Waals surface area contributed by atoms with Gasteiger partial charge in [0.15, 0.2) is 0 Å². The monoisotopic (exact) mass is 338 g/mol. The summed E-state index contributed by atoms with van der Waals surface area (Å²) in [6.07, 6.45) is 5.24. The van der Waals surface area contributed by atoms with E-state index in [1.807, 2.05) is 6.92 Å². The molecule has 2 rings (SSSR count). The van der Waals surface area contributed by atoms with Crippen LogP contribution in [0.1, 0.15) is 58.1 Å². The average Bonchev–Trinajstić information content (AvgIpc) is 2.47. The van der Waals surface area contributed by atoms with Crippen LogP contribution in [0.5, 0.6) is 0 Å². The molecule has 0 bridgehead atoms. The standard InChI is InChI=1S/C17H27BrN2/c1-4-17(5-2)8-10-20(11-9-17)14-6-7-15(13(3)19)16(18)12-14/h6-7,12-13H,4-5,8-11,19H2,1-3H3/t13-/m1/s1. The normalized spacial score (nSPS) is 19.9. The highest BCUT2D eigenvalue weighted by Crippen LogP contribution is 2.39. The van der Waals surface area contributed by atoms with Gasteiger partial charge in [-0.3, -0.25) is 0 Å². The molecule has 0 radical (unpaired) electrons. The van der Waals surface area contributed by atoms with Crippen molar-refractivity contribution >= 4 is 21.6 Å². The number of rotatable bonds is 4. The van der Waals surface area contributed by atoms with Gasteiger partial charge in [-0.15, -0.1) is 0 Å². The Kier molecular flexibility index (Phi) is 5.14. The third-order valence-corrected chi connectivity index (χ3v) is 5.85. The van der Waals surface area contributed by atoms with E-state index in [1.165, 1.54) is 50.0 Å². The molecule has 0 aromatic heterocycles. The van der Waals surface area contributed by atoms with E-state index in [2.05, 4.69) is 52.9 Å². The maximum atomic E-state index is 5.97. The van der Waals surface area contributed by atoms with Crippen LogP contribution in [0.15, 0.2) is 22.7 Å². The summed E-state index contributed by atoms with van der Waals surface area (Å²) in [5.41, 5.74) is 9.06. The van der Waals surface area contributed by atoms with Gasteiger partial charge in [-0.05, 0) is 42.9 Å². The maximum absolute atomic E-state index is 5.97. The minimum Gasteiger partial charge on any atom is -0.371 e. The largest absolute Gasteiger partial charge is 0.371 e. The number of anilines is 1. The molecule has 1 saturated heterocycles. The van der Waals surface area contributed by atoms with Gasteiger partial charge in [0.2, 0.25) is 0 Å². The molecule has 0 aliphatic carbocycles. The number of nitrogens with zero attached hydrogens (tertiary/aromatic N) is 1. The highest BCUT2D eigenvalue weighted by atomic mass is 79.9. The summed E-state index contributed by atoms with van der Waals surface area (Å²) in [5.74, 6) is 0. The Balaban J connectivity index is 2.09. The Labute approximate surface area is 131 Å². The molecule has 2 N–H and O–H groups in total. The van der Waals surface area contributed by atoms with Gasteiger partial charge >= 0.3 is 0 Å². The lowest BCUT2D eigenvalue weighted by Crippen LogP contribution is -2.39. The Bertz CT molecular complexity index is 442. The average molecular weight is 339 g/mol. The molecule has 0 saturated carbocycles. The van der Waals surface area contributed by atoms with Crippen molar-refractivity contribution in [3.8, 4) is 0 Å². The van der Waals surface area contributed by atoms with Crippen LogP contribution in [0.25, 0.3) is 0 Å². The van der Waals surface area contributed by atoms with E-state index in [9.17, 15) is 0 Å². The molecule has 1 aromatic carbocycles. The lowest BCUT2D eigenvalue weighted by atomic mass is 9.74. The summed E-state index contributed by atoms with van der Waals surface area (Å²) in [6.45, 7) is 9.05. The van der Waals surface area contributed by atoms with Gasteiger partial charge in [-0.1, -0.05) is 48.7 Å². The van der Waals surface area contributed by atoms with Crippen molar-refractivity contribution in [2.45, 2.75) is 52.5 Å². The van der Waals surface area contributed by atoms with Crippen molar-refractivity contribution in [3.05, 3.63) is 28.2 Å². The molecule has 1 heterocycles. The summed E-state index contributed by atoms with van der Waals surface area (Å²) in [4.78, 5) is 2.51. The van der Waals surface area contributed by atoms with Gasteiger partial charge in [0, 0.05) is 29.3 Å². The number of benzene rings is 1. The molecule has 2 nitrogen and oxygen atoms in total. The first-order valence-corrected chi connectivity index (χ1v) is 8.60. The second kappa shape index (κ2) is 6.48. The SMILES string of the molecule is CCC1(CC)CCN(c2ccc([C@@H](C)N)c(Br)c2)CC1. The second-order valence-corrected chi connectivity index (χ2v) is 7.04. The molecule has 3 heteroatoms. The number of hydrogen-bond acceptors (Lipinski definition) is 2. The van der Waals surface area contributed by atoms with E-state index in [0.717, 1.165) is 4.47 Å². The fraction of sp³-hybridized carbons (Fsp3) is 0.647. The molecule has 1 aromatic rings. The van der Waals surface area contributed by atoms with E-state index in [0.29, 0.717) is 5.41 Å². The third-order valence-electron chi connectivity index (χ3n) is 5.16.